The van der Waals surface area contributed by atoms with Gasteiger partial charge in [-0.15, -0.1) is 11.3 Å². The standard InChI is InChI=1S/C17H19N3O3S/c21-16(22)14-9-20(17(11-23-14)5-3-6-17)8-12-10-24-15(19-12)13-4-1-2-7-18-13/h1-2,4,7,10,14H,3,5-6,8-9,11H2,(H,21,22). The quantitative estimate of drug-likeness (QED) is 0.917. The van der Waals surface area contributed by atoms with Crippen molar-refractivity contribution in [2.75, 3.05) is 13.2 Å². The summed E-state index contributed by atoms with van der Waals surface area (Å²) in [6.07, 6.45) is 4.32. The van der Waals surface area contributed by atoms with E-state index in [1.165, 1.54) is 6.42 Å². The summed E-state index contributed by atoms with van der Waals surface area (Å²) in [7, 11) is 0. The molecular formula is C17H19N3O3S. The number of pyridine rings is 1. The molecule has 6 nitrogen and oxygen atoms in total. The Morgan fingerprint density at radius 3 is 3.00 bits per heavy atom. The van der Waals surface area contributed by atoms with E-state index in [2.05, 4.69) is 9.88 Å². The predicted molar refractivity (Wildman–Crippen MR) is 89.7 cm³/mol. The summed E-state index contributed by atoms with van der Waals surface area (Å²) >= 11 is 1.58. The fraction of sp³-hybridized carbons (Fsp3) is 0.471. The molecule has 1 atom stereocenters. The van der Waals surface area contributed by atoms with Gasteiger partial charge in [-0.1, -0.05) is 6.07 Å². The first-order valence-electron chi connectivity index (χ1n) is 8.12. The Morgan fingerprint density at radius 2 is 2.33 bits per heavy atom. The van der Waals surface area contributed by atoms with Crippen LogP contribution in [0.2, 0.25) is 0 Å². The molecule has 1 N–H and O–H groups in total. The molecule has 0 amide bonds. The number of rotatable bonds is 4. The Kier molecular flexibility index (Phi) is 4.07. The molecule has 2 aromatic rings. The largest absolute Gasteiger partial charge is 0.479 e. The first kappa shape index (κ1) is 15.7. The number of carboxylic acids is 1. The predicted octanol–water partition coefficient (Wildman–Crippen LogP) is 2.41. The molecule has 1 spiro atoms. The Hall–Kier alpha value is -1.83. The van der Waals surface area contributed by atoms with Gasteiger partial charge < -0.3 is 9.84 Å². The molecule has 2 aromatic heterocycles. The van der Waals surface area contributed by atoms with Gasteiger partial charge in [-0.3, -0.25) is 9.88 Å². The second-order valence-electron chi connectivity index (χ2n) is 6.46. The summed E-state index contributed by atoms with van der Waals surface area (Å²) in [4.78, 5) is 22.6. The maximum Gasteiger partial charge on any atom is 0.334 e. The molecule has 3 heterocycles. The van der Waals surface area contributed by atoms with Gasteiger partial charge in [0.25, 0.3) is 0 Å². The molecule has 2 fully saturated rings. The average molecular weight is 345 g/mol. The Bertz CT molecular complexity index is 730. The van der Waals surface area contributed by atoms with Crippen molar-refractivity contribution < 1.29 is 14.6 Å². The highest BCUT2D eigenvalue weighted by molar-refractivity contribution is 7.13. The van der Waals surface area contributed by atoms with Crippen LogP contribution in [0.3, 0.4) is 0 Å². The molecule has 126 valence electrons. The van der Waals surface area contributed by atoms with Crippen LogP contribution in [0.25, 0.3) is 10.7 Å². The van der Waals surface area contributed by atoms with E-state index < -0.39 is 12.1 Å². The topological polar surface area (TPSA) is 75.5 Å². The van der Waals surface area contributed by atoms with Crippen LogP contribution < -0.4 is 0 Å². The lowest BCUT2D eigenvalue weighted by molar-refractivity contribution is -0.178. The zero-order valence-electron chi connectivity index (χ0n) is 13.2. The summed E-state index contributed by atoms with van der Waals surface area (Å²) in [5, 5.41) is 12.2. The monoisotopic (exact) mass is 345 g/mol. The fourth-order valence-electron chi connectivity index (χ4n) is 3.40. The van der Waals surface area contributed by atoms with Crippen LogP contribution >= 0.6 is 11.3 Å². The first-order valence-corrected chi connectivity index (χ1v) is 9.00. The van der Waals surface area contributed by atoms with Crippen molar-refractivity contribution in [1.82, 2.24) is 14.9 Å². The van der Waals surface area contributed by atoms with E-state index in [1.54, 1.807) is 17.5 Å². The van der Waals surface area contributed by atoms with Crippen LogP contribution in [0.15, 0.2) is 29.8 Å². The molecule has 1 saturated heterocycles. The van der Waals surface area contributed by atoms with E-state index in [4.69, 9.17) is 9.72 Å². The van der Waals surface area contributed by atoms with Crippen molar-refractivity contribution in [3.8, 4) is 10.7 Å². The van der Waals surface area contributed by atoms with Gasteiger partial charge in [-0.25, -0.2) is 9.78 Å². The third-order valence-corrected chi connectivity index (χ3v) is 5.87. The van der Waals surface area contributed by atoms with Gasteiger partial charge in [0.15, 0.2) is 6.10 Å². The van der Waals surface area contributed by atoms with Crippen LogP contribution in [-0.4, -0.2) is 50.7 Å². The third-order valence-electron chi connectivity index (χ3n) is 4.96. The fourth-order valence-corrected chi connectivity index (χ4v) is 4.19. The second kappa shape index (κ2) is 6.23. The molecule has 0 radical (unpaired) electrons. The SMILES string of the molecule is O=C(O)C1CN(Cc2csc(-c3ccccn3)n2)C2(CCC2)CO1. The third kappa shape index (κ3) is 2.83. The van der Waals surface area contributed by atoms with Gasteiger partial charge in [-0.2, -0.15) is 0 Å². The molecule has 0 bridgehead atoms. The number of hydrogen-bond acceptors (Lipinski definition) is 6. The van der Waals surface area contributed by atoms with Crippen molar-refractivity contribution in [2.45, 2.75) is 37.5 Å². The van der Waals surface area contributed by atoms with Crippen molar-refractivity contribution in [3.63, 3.8) is 0 Å². The highest BCUT2D eigenvalue weighted by atomic mass is 32.1. The molecule has 2 aliphatic rings. The lowest BCUT2D eigenvalue weighted by Gasteiger charge is -2.53. The molecule has 1 unspecified atom stereocenters. The molecule has 1 saturated carbocycles. The summed E-state index contributed by atoms with van der Waals surface area (Å²) in [5.74, 6) is -0.887. The van der Waals surface area contributed by atoms with Crippen LogP contribution in [-0.2, 0) is 16.1 Å². The van der Waals surface area contributed by atoms with Gasteiger partial charge in [0.1, 0.15) is 5.01 Å². The Morgan fingerprint density at radius 1 is 1.46 bits per heavy atom. The van der Waals surface area contributed by atoms with Crippen LogP contribution in [0.4, 0.5) is 0 Å². The van der Waals surface area contributed by atoms with E-state index in [9.17, 15) is 9.90 Å². The molecule has 1 aliphatic carbocycles. The first-order chi connectivity index (χ1) is 11.7. The number of aromatic nitrogens is 2. The molecule has 4 rings (SSSR count). The number of carboxylic acid groups (broad SMARTS) is 1. The summed E-state index contributed by atoms with van der Waals surface area (Å²) in [6.45, 7) is 1.59. The van der Waals surface area contributed by atoms with Gasteiger partial charge in [0.05, 0.1) is 18.0 Å². The number of hydrogen-bond donors (Lipinski definition) is 1. The molecule has 0 aromatic carbocycles. The number of thiazole rings is 1. The normalized spacial score (nSPS) is 23.1. The van der Waals surface area contributed by atoms with Crippen LogP contribution in [0.5, 0.6) is 0 Å². The minimum absolute atomic E-state index is 0.000721. The molecular weight excluding hydrogens is 326 g/mol. The number of morpholine rings is 1. The Labute approximate surface area is 144 Å². The van der Waals surface area contributed by atoms with Crippen molar-refractivity contribution in [3.05, 3.63) is 35.5 Å². The maximum absolute atomic E-state index is 11.3. The van der Waals surface area contributed by atoms with Gasteiger partial charge >= 0.3 is 5.97 Å². The minimum Gasteiger partial charge on any atom is -0.479 e. The second-order valence-corrected chi connectivity index (χ2v) is 7.31. The molecule has 24 heavy (non-hydrogen) atoms. The van der Waals surface area contributed by atoms with Crippen LogP contribution in [0, 0.1) is 0 Å². The summed E-state index contributed by atoms with van der Waals surface area (Å²) in [6, 6.07) is 5.79. The van der Waals surface area contributed by atoms with E-state index in [1.807, 2.05) is 23.6 Å². The highest BCUT2D eigenvalue weighted by Gasteiger charge is 2.48. The van der Waals surface area contributed by atoms with E-state index in [0.717, 1.165) is 29.2 Å². The van der Waals surface area contributed by atoms with E-state index >= 15 is 0 Å². The zero-order chi connectivity index (χ0) is 16.6. The van der Waals surface area contributed by atoms with Gasteiger partial charge in [0, 0.05) is 30.2 Å². The Balaban J connectivity index is 1.52. The average Bonchev–Trinajstić information content (AvgIpc) is 3.02. The van der Waals surface area contributed by atoms with Crippen LogP contribution in [0.1, 0.15) is 25.0 Å². The maximum atomic E-state index is 11.3. The number of aliphatic carboxylic acids is 1. The minimum atomic E-state index is -0.887. The number of nitrogens with zero attached hydrogens (tertiary/aromatic N) is 3. The summed E-state index contributed by atoms with van der Waals surface area (Å²) in [5.41, 5.74) is 1.84. The van der Waals surface area contributed by atoms with Crippen molar-refractivity contribution >= 4 is 17.3 Å². The lowest BCUT2D eigenvalue weighted by atomic mass is 9.74. The van der Waals surface area contributed by atoms with Crippen molar-refractivity contribution in [1.29, 1.82) is 0 Å². The van der Waals surface area contributed by atoms with E-state index in [0.29, 0.717) is 19.7 Å². The number of carbonyl (C=O) groups is 1. The number of ether oxygens (including phenoxy) is 1. The smallest absolute Gasteiger partial charge is 0.334 e. The van der Waals surface area contributed by atoms with Gasteiger partial charge in [-0.05, 0) is 31.4 Å². The van der Waals surface area contributed by atoms with Gasteiger partial charge in [0.2, 0.25) is 0 Å². The summed E-state index contributed by atoms with van der Waals surface area (Å²) < 4.78 is 5.57. The van der Waals surface area contributed by atoms with Crippen molar-refractivity contribution in [2.24, 2.45) is 0 Å². The van der Waals surface area contributed by atoms with E-state index in [-0.39, 0.29) is 5.54 Å². The highest BCUT2D eigenvalue weighted by Crippen LogP contribution is 2.41. The lowest BCUT2D eigenvalue weighted by Crippen LogP contribution is -2.63. The molecule has 7 heteroatoms. The zero-order valence-corrected chi connectivity index (χ0v) is 14.0. The molecule has 1 aliphatic heterocycles.